The summed E-state index contributed by atoms with van der Waals surface area (Å²) in [5.41, 5.74) is 1.27. The van der Waals surface area contributed by atoms with Crippen LogP contribution >= 0.6 is 11.8 Å². The second kappa shape index (κ2) is 16.8. The predicted octanol–water partition coefficient (Wildman–Crippen LogP) is 6.57. The number of methoxy groups -OCH3 is 1. The average Bonchev–Trinajstić information content (AvgIpc) is 3.09. The molecule has 260 valence electrons. The third kappa shape index (κ3) is 10.3. The largest absolute Gasteiger partial charge is 0.497 e. The van der Waals surface area contributed by atoms with Gasteiger partial charge in [-0.3, -0.25) is 13.9 Å². The van der Waals surface area contributed by atoms with E-state index in [9.17, 15) is 18.0 Å². The second-order valence-electron chi connectivity index (χ2n) is 12.4. The molecular formula is C38H45N3O6S2. The monoisotopic (exact) mass is 703 g/mol. The fourth-order valence-corrected chi connectivity index (χ4v) is 7.08. The van der Waals surface area contributed by atoms with Crippen LogP contribution < -0.4 is 19.1 Å². The number of carbonyl (C=O) groups excluding carboxylic acids is 2. The van der Waals surface area contributed by atoms with Crippen molar-refractivity contribution >= 4 is 39.3 Å². The van der Waals surface area contributed by atoms with Crippen molar-refractivity contribution in [3.63, 3.8) is 0 Å². The first kappa shape index (κ1) is 37.3. The molecule has 2 amide bonds. The van der Waals surface area contributed by atoms with E-state index >= 15 is 0 Å². The number of sulfonamides is 1. The predicted molar refractivity (Wildman–Crippen MR) is 196 cm³/mol. The molecule has 0 bridgehead atoms. The minimum atomic E-state index is -4.23. The Labute approximate surface area is 294 Å². The van der Waals surface area contributed by atoms with E-state index in [-0.39, 0.29) is 29.5 Å². The fourth-order valence-electron chi connectivity index (χ4n) is 5.25. The summed E-state index contributed by atoms with van der Waals surface area (Å²) in [5.74, 6) is 0.262. The van der Waals surface area contributed by atoms with Crippen molar-refractivity contribution in [3.05, 3.63) is 114 Å². The molecule has 0 spiro atoms. The molecule has 0 unspecified atom stereocenters. The maximum absolute atomic E-state index is 14.7. The summed E-state index contributed by atoms with van der Waals surface area (Å²) in [4.78, 5) is 31.2. The van der Waals surface area contributed by atoms with Crippen LogP contribution in [0.4, 0.5) is 5.69 Å². The molecule has 1 atom stereocenters. The topological polar surface area (TPSA) is 105 Å². The van der Waals surface area contributed by atoms with Crippen molar-refractivity contribution < 1.29 is 27.5 Å². The number of hydrogen-bond acceptors (Lipinski definition) is 7. The molecule has 0 aliphatic heterocycles. The lowest BCUT2D eigenvalue weighted by Crippen LogP contribution is -2.56. The first-order chi connectivity index (χ1) is 23.3. The van der Waals surface area contributed by atoms with Crippen LogP contribution in [0.25, 0.3) is 0 Å². The molecule has 0 radical (unpaired) electrons. The summed E-state index contributed by atoms with van der Waals surface area (Å²) >= 11 is 1.50. The van der Waals surface area contributed by atoms with Crippen molar-refractivity contribution in [2.75, 3.05) is 30.8 Å². The molecule has 0 aliphatic carbocycles. The van der Waals surface area contributed by atoms with Gasteiger partial charge in [0.05, 0.1) is 24.3 Å². The van der Waals surface area contributed by atoms with Gasteiger partial charge >= 0.3 is 0 Å². The summed E-state index contributed by atoms with van der Waals surface area (Å²) in [5, 5.41) is 3.05. The van der Waals surface area contributed by atoms with Crippen molar-refractivity contribution in [3.8, 4) is 11.5 Å². The van der Waals surface area contributed by atoms with E-state index in [1.54, 1.807) is 55.6 Å². The SMILES string of the molecule is CCOc1ccc(N(CC(=O)N(Cc2cccc(OC)c2)[C@@H](Cc2ccccc2)C(=O)NC(C)(C)C)S(=O)(=O)c2ccc(SC)cc2)cc1. The molecule has 9 nitrogen and oxygen atoms in total. The van der Waals surface area contributed by atoms with Gasteiger partial charge in [0.1, 0.15) is 24.1 Å². The first-order valence-electron chi connectivity index (χ1n) is 16.0. The number of thioether (sulfide) groups is 1. The van der Waals surface area contributed by atoms with Gasteiger partial charge in [-0.1, -0.05) is 42.5 Å². The number of carbonyl (C=O) groups is 2. The van der Waals surface area contributed by atoms with Crippen LogP contribution in [0.3, 0.4) is 0 Å². The Morgan fingerprint density at radius 1 is 0.857 bits per heavy atom. The van der Waals surface area contributed by atoms with Crippen molar-refractivity contribution in [2.45, 2.75) is 62.0 Å². The maximum Gasteiger partial charge on any atom is 0.264 e. The van der Waals surface area contributed by atoms with E-state index in [0.717, 1.165) is 20.3 Å². The van der Waals surface area contributed by atoms with Gasteiger partial charge in [0.2, 0.25) is 11.8 Å². The summed E-state index contributed by atoms with van der Waals surface area (Å²) in [7, 11) is -2.68. The molecule has 0 saturated heterocycles. The second-order valence-corrected chi connectivity index (χ2v) is 15.2. The van der Waals surface area contributed by atoms with E-state index in [1.165, 1.54) is 28.8 Å². The summed E-state index contributed by atoms with van der Waals surface area (Å²) < 4.78 is 40.8. The molecular weight excluding hydrogens is 659 g/mol. The van der Waals surface area contributed by atoms with E-state index in [2.05, 4.69) is 5.32 Å². The number of rotatable bonds is 15. The average molecular weight is 704 g/mol. The molecule has 0 heterocycles. The number of nitrogens with one attached hydrogen (secondary N) is 1. The lowest BCUT2D eigenvalue weighted by Gasteiger charge is -2.35. The number of amides is 2. The zero-order valence-corrected chi connectivity index (χ0v) is 30.5. The highest BCUT2D eigenvalue weighted by molar-refractivity contribution is 7.98. The molecule has 0 fully saturated rings. The molecule has 0 saturated carbocycles. The number of anilines is 1. The number of ether oxygens (including phenoxy) is 2. The van der Waals surface area contributed by atoms with Crippen LogP contribution in [-0.4, -0.2) is 63.2 Å². The van der Waals surface area contributed by atoms with Crippen LogP contribution in [0.5, 0.6) is 11.5 Å². The van der Waals surface area contributed by atoms with Gasteiger partial charge in [-0.05, 0) is 106 Å². The quantitative estimate of drug-likeness (QED) is 0.140. The van der Waals surface area contributed by atoms with Crippen LogP contribution in [-0.2, 0) is 32.6 Å². The van der Waals surface area contributed by atoms with E-state index < -0.39 is 34.1 Å². The van der Waals surface area contributed by atoms with E-state index in [4.69, 9.17) is 9.47 Å². The molecule has 0 aliphatic rings. The lowest BCUT2D eigenvalue weighted by molar-refractivity contribution is -0.140. The van der Waals surface area contributed by atoms with Gasteiger partial charge < -0.3 is 19.7 Å². The standard InChI is InChI=1S/C38H45N3O6S2/c1-7-47-31-18-16-30(17-19-31)41(49(44,45)34-22-20-33(48-6)21-23-34)27-36(42)40(26-29-14-11-15-32(24-29)46-5)35(37(43)39-38(2,3)4)25-28-12-9-8-10-13-28/h8-24,35H,7,25-27H2,1-6H3,(H,39,43)/t35-/m0/s1. The molecule has 1 N–H and O–H groups in total. The molecule has 0 aromatic heterocycles. The van der Waals surface area contributed by atoms with Gasteiger partial charge in [-0.2, -0.15) is 0 Å². The Morgan fingerprint density at radius 3 is 2.10 bits per heavy atom. The highest BCUT2D eigenvalue weighted by Crippen LogP contribution is 2.28. The number of benzene rings is 4. The third-order valence-corrected chi connectivity index (χ3v) is 10.2. The van der Waals surface area contributed by atoms with Crippen LogP contribution in [0.2, 0.25) is 0 Å². The summed E-state index contributed by atoms with van der Waals surface area (Å²) in [6.45, 7) is 7.41. The van der Waals surface area contributed by atoms with Gasteiger partial charge in [0.15, 0.2) is 0 Å². The highest BCUT2D eigenvalue weighted by Gasteiger charge is 2.35. The zero-order chi connectivity index (χ0) is 35.6. The Hall–Kier alpha value is -4.48. The molecule has 4 aromatic carbocycles. The van der Waals surface area contributed by atoms with Gasteiger partial charge in [0, 0.05) is 23.4 Å². The Balaban J connectivity index is 1.83. The molecule has 49 heavy (non-hydrogen) atoms. The number of nitrogens with zero attached hydrogens (tertiary/aromatic N) is 2. The molecule has 11 heteroatoms. The third-order valence-electron chi connectivity index (χ3n) is 7.62. The Kier molecular flexibility index (Phi) is 12.8. The van der Waals surface area contributed by atoms with Crippen LogP contribution in [0, 0.1) is 0 Å². The minimum Gasteiger partial charge on any atom is -0.497 e. The van der Waals surface area contributed by atoms with Crippen molar-refractivity contribution in [1.82, 2.24) is 10.2 Å². The Bertz CT molecular complexity index is 1790. The normalized spacial score (nSPS) is 12.1. The van der Waals surface area contributed by atoms with E-state index in [1.807, 2.05) is 76.4 Å². The fraction of sp³-hybridized carbons (Fsp3) is 0.316. The first-order valence-corrected chi connectivity index (χ1v) is 18.7. The Morgan fingerprint density at radius 2 is 1.51 bits per heavy atom. The van der Waals surface area contributed by atoms with E-state index in [0.29, 0.717) is 18.1 Å². The van der Waals surface area contributed by atoms with Crippen LogP contribution in [0.1, 0.15) is 38.8 Å². The van der Waals surface area contributed by atoms with Gasteiger partial charge in [-0.25, -0.2) is 8.42 Å². The zero-order valence-electron chi connectivity index (χ0n) is 28.9. The smallest absolute Gasteiger partial charge is 0.264 e. The van der Waals surface area contributed by atoms with Crippen molar-refractivity contribution in [2.24, 2.45) is 0 Å². The summed E-state index contributed by atoms with van der Waals surface area (Å²) in [6, 6.07) is 28.9. The number of hydrogen-bond donors (Lipinski definition) is 1. The maximum atomic E-state index is 14.7. The lowest BCUT2D eigenvalue weighted by atomic mass is 10.0. The van der Waals surface area contributed by atoms with Crippen LogP contribution in [0.15, 0.2) is 113 Å². The summed E-state index contributed by atoms with van der Waals surface area (Å²) in [6.07, 6.45) is 2.12. The van der Waals surface area contributed by atoms with Gasteiger partial charge in [0.25, 0.3) is 10.0 Å². The highest BCUT2D eigenvalue weighted by atomic mass is 32.2. The molecule has 4 rings (SSSR count). The molecule has 4 aromatic rings. The minimum absolute atomic E-state index is 0.0324. The van der Waals surface area contributed by atoms with Gasteiger partial charge in [-0.15, -0.1) is 11.8 Å². The van der Waals surface area contributed by atoms with Crippen molar-refractivity contribution in [1.29, 1.82) is 0 Å².